The maximum absolute atomic E-state index is 12.1. The van der Waals surface area contributed by atoms with Crippen molar-refractivity contribution in [3.05, 3.63) is 88.9 Å². The first kappa shape index (κ1) is 15.3. The number of carbonyl (C=O) groups excluding carboxylic acids is 1. The van der Waals surface area contributed by atoms with Crippen LogP contribution in [0.1, 0.15) is 15.9 Å². The van der Waals surface area contributed by atoms with Crippen molar-refractivity contribution in [1.29, 1.82) is 0 Å². The zero-order valence-electron chi connectivity index (χ0n) is 12.6. The standard InChI is InChI=1S/C20H15ClO2/c1-14-6-8-15(9-7-14)16-10-12-17(13-11-16)23-20(22)18-4-2-3-5-19(18)21/h2-13H,1H3. The lowest BCUT2D eigenvalue weighted by Crippen LogP contribution is -2.08. The molecule has 3 aromatic carbocycles. The van der Waals surface area contributed by atoms with Crippen molar-refractivity contribution in [3.8, 4) is 16.9 Å². The van der Waals surface area contributed by atoms with Crippen LogP contribution >= 0.6 is 11.6 Å². The summed E-state index contributed by atoms with van der Waals surface area (Å²) in [5, 5.41) is 0.383. The van der Waals surface area contributed by atoms with Crippen molar-refractivity contribution in [2.24, 2.45) is 0 Å². The van der Waals surface area contributed by atoms with Crippen molar-refractivity contribution in [2.45, 2.75) is 6.92 Å². The summed E-state index contributed by atoms with van der Waals surface area (Å²) in [6, 6.07) is 22.5. The van der Waals surface area contributed by atoms with Crippen molar-refractivity contribution in [3.63, 3.8) is 0 Å². The maximum atomic E-state index is 12.1. The third-order valence-corrected chi connectivity index (χ3v) is 3.87. The number of hydrogen-bond acceptors (Lipinski definition) is 2. The second-order valence-electron chi connectivity index (χ2n) is 5.26. The van der Waals surface area contributed by atoms with Gasteiger partial charge < -0.3 is 4.74 Å². The molecule has 2 nitrogen and oxygen atoms in total. The fourth-order valence-corrected chi connectivity index (χ4v) is 2.46. The molecule has 0 amide bonds. The molecule has 0 aliphatic heterocycles. The molecule has 0 unspecified atom stereocenters. The number of aryl methyl sites for hydroxylation is 1. The lowest BCUT2D eigenvalue weighted by atomic mass is 10.0. The van der Waals surface area contributed by atoms with E-state index in [0.717, 1.165) is 11.1 Å². The van der Waals surface area contributed by atoms with E-state index in [9.17, 15) is 4.79 Å². The SMILES string of the molecule is Cc1ccc(-c2ccc(OC(=O)c3ccccc3Cl)cc2)cc1. The predicted molar refractivity (Wildman–Crippen MR) is 93.0 cm³/mol. The summed E-state index contributed by atoms with van der Waals surface area (Å²) in [6.45, 7) is 2.06. The van der Waals surface area contributed by atoms with E-state index >= 15 is 0 Å². The first-order valence-electron chi connectivity index (χ1n) is 7.27. The van der Waals surface area contributed by atoms with Crippen LogP contribution < -0.4 is 4.74 Å². The van der Waals surface area contributed by atoms with Crippen molar-refractivity contribution >= 4 is 17.6 Å². The van der Waals surface area contributed by atoms with E-state index in [-0.39, 0.29) is 0 Å². The summed E-state index contributed by atoms with van der Waals surface area (Å²) in [5.74, 6) is 0.0319. The minimum atomic E-state index is -0.460. The van der Waals surface area contributed by atoms with E-state index in [2.05, 4.69) is 31.2 Å². The highest BCUT2D eigenvalue weighted by molar-refractivity contribution is 6.33. The number of rotatable bonds is 3. The van der Waals surface area contributed by atoms with E-state index < -0.39 is 5.97 Å². The van der Waals surface area contributed by atoms with Gasteiger partial charge in [0.25, 0.3) is 0 Å². The molecule has 0 spiro atoms. The van der Waals surface area contributed by atoms with Crippen LogP contribution in [0.3, 0.4) is 0 Å². The van der Waals surface area contributed by atoms with E-state index in [1.165, 1.54) is 5.56 Å². The van der Waals surface area contributed by atoms with Crippen molar-refractivity contribution < 1.29 is 9.53 Å². The van der Waals surface area contributed by atoms with E-state index in [1.54, 1.807) is 36.4 Å². The molecule has 0 radical (unpaired) electrons. The Hall–Kier alpha value is -2.58. The second kappa shape index (κ2) is 6.67. The van der Waals surface area contributed by atoms with Crippen molar-refractivity contribution in [1.82, 2.24) is 0 Å². The summed E-state index contributed by atoms with van der Waals surface area (Å²) >= 11 is 6.00. The van der Waals surface area contributed by atoms with Gasteiger partial charge >= 0.3 is 5.97 Å². The van der Waals surface area contributed by atoms with Gasteiger partial charge in [-0.05, 0) is 42.3 Å². The summed E-state index contributed by atoms with van der Waals surface area (Å²) in [5.41, 5.74) is 3.78. The van der Waals surface area contributed by atoms with E-state index in [4.69, 9.17) is 16.3 Å². The molecule has 3 heteroatoms. The number of hydrogen-bond donors (Lipinski definition) is 0. The molecule has 0 aromatic heterocycles. The Balaban J connectivity index is 1.76. The van der Waals surface area contributed by atoms with Gasteiger partial charge in [-0.3, -0.25) is 0 Å². The molecule has 114 valence electrons. The van der Waals surface area contributed by atoms with Crippen LogP contribution in [0.5, 0.6) is 5.75 Å². The minimum absolute atomic E-state index is 0.358. The molecule has 0 saturated heterocycles. The molecule has 0 N–H and O–H groups in total. The van der Waals surface area contributed by atoms with Crippen LogP contribution in [0.15, 0.2) is 72.8 Å². The lowest BCUT2D eigenvalue weighted by molar-refractivity contribution is 0.0735. The summed E-state index contributed by atoms with van der Waals surface area (Å²) in [4.78, 5) is 12.1. The Bertz CT molecular complexity index is 821. The lowest BCUT2D eigenvalue weighted by Gasteiger charge is -2.07. The third kappa shape index (κ3) is 3.61. The van der Waals surface area contributed by atoms with Crippen LogP contribution in [0.4, 0.5) is 0 Å². The van der Waals surface area contributed by atoms with Gasteiger partial charge in [0.2, 0.25) is 0 Å². The fourth-order valence-electron chi connectivity index (χ4n) is 2.25. The molecule has 0 atom stereocenters. The van der Waals surface area contributed by atoms with Crippen LogP contribution in [-0.2, 0) is 0 Å². The van der Waals surface area contributed by atoms with Gasteiger partial charge in [0.05, 0.1) is 10.6 Å². The molecule has 0 fully saturated rings. The van der Waals surface area contributed by atoms with Gasteiger partial charge in [0.1, 0.15) is 5.75 Å². The average Bonchev–Trinajstić information content (AvgIpc) is 2.57. The number of halogens is 1. The van der Waals surface area contributed by atoms with E-state index in [0.29, 0.717) is 16.3 Å². The molecule has 3 rings (SSSR count). The average molecular weight is 323 g/mol. The van der Waals surface area contributed by atoms with Gasteiger partial charge in [-0.15, -0.1) is 0 Å². The largest absolute Gasteiger partial charge is 0.423 e. The molecular formula is C20H15ClO2. The Morgan fingerprint density at radius 2 is 1.39 bits per heavy atom. The number of benzene rings is 3. The van der Waals surface area contributed by atoms with Crippen LogP contribution in [0, 0.1) is 6.92 Å². The molecule has 0 saturated carbocycles. The monoisotopic (exact) mass is 322 g/mol. The molecule has 0 aliphatic carbocycles. The normalized spacial score (nSPS) is 10.3. The minimum Gasteiger partial charge on any atom is -0.423 e. The van der Waals surface area contributed by atoms with Gasteiger partial charge in [0, 0.05) is 0 Å². The Labute approximate surface area is 140 Å². The second-order valence-corrected chi connectivity index (χ2v) is 5.67. The van der Waals surface area contributed by atoms with E-state index in [1.807, 2.05) is 12.1 Å². The zero-order valence-corrected chi connectivity index (χ0v) is 13.4. The first-order chi connectivity index (χ1) is 11.1. The Morgan fingerprint density at radius 1 is 0.826 bits per heavy atom. The molecule has 0 bridgehead atoms. The zero-order chi connectivity index (χ0) is 16.2. The number of carbonyl (C=O) groups is 1. The van der Waals surface area contributed by atoms with Crippen molar-refractivity contribution in [2.75, 3.05) is 0 Å². The highest BCUT2D eigenvalue weighted by atomic mass is 35.5. The molecule has 3 aromatic rings. The van der Waals surface area contributed by atoms with Crippen LogP contribution in [-0.4, -0.2) is 5.97 Å². The molecule has 0 heterocycles. The molecular weight excluding hydrogens is 308 g/mol. The van der Waals surface area contributed by atoms with Crippen LogP contribution in [0.25, 0.3) is 11.1 Å². The first-order valence-corrected chi connectivity index (χ1v) is 7.65. The fraction of sp³-hybridized carbons (Fsp3) is 0.0500. The Morgan fingerprint density at radius 3 is 2.00 bits per heavy atom. The van der Waals surface area contributed by atoms with Crippen LogP contribution in [0.2, 0.25) is 5.02 Å². The van der Waals surface area contributed by atoms with Gasteiger partial charge in [-0.1, -0.05) is 65.7 Å². The molecule has 0 aliphatic rings. The van der Waals surface area contributed by atoms with Gasteiger partial charge in [-0.25, -0.2) is 4.79 Å². The topological polar surface area (TPSA) is 26.3 Å². The number of ether oxygens (including phenoxy) is 1. The predicted octanol–water partition coefficient (Wildman–Crippen LogP) is 5.53. The highest BCUT2D eigenvalue weighted by Crippen LogP contribution is 2.24. The smallest absolute Gasteiger partial charge is 0.345 e. The summed E-state index contributed by atoms with van der Waals surface area (Å²) in [7, 11) is 0. The third-order valence-electron chi connectivity index (χ3n) is 3.54. The van der Waals surface area contributed by atoms with Gasteiger partial charge in [-0.2, -0.15) is 0 Å². The summed E-state index contributed by atoms with van der Waals surface area (Å²) < 4.78 is 5.37. The number of esters is 1. The quantitative estimate of drug-likeness (QED) is 0.468. The summed E-state index contributed by atoms with van der Waals surface area (Å²) in [6.07, 6.45) is 0. The Kier molecular flexibility index (Phi) is 4.45. The highest BCUT2D eigenvalue weighted by Gasteiger charge is 2.12. The van der Waals surface area contributed by atoms with Gasteiger partial charge in [0.15, 0.2) is 0 Å². The molecule has 23 heavy (non-hydrogen) atoms. The maximum Gasteiger partial charge on any atom is 0.345 e.